The SMILES string of the molecule is COC(=O)C(O)CNC(=O)c1ccc(Br)c(C(F)(F)F)c1. The van der Waals surface area contributed by atoms with Gasteiger partial charge in [0.2, 0.25) is 0 Å². The maximum Gasteiger partial charge on any atom is 0.417 e. The smallest absolute Gasteiger partial charge is 0.417 e. The van der Waals surface area contributed by atoms with Crippen LogP contribution in [0.1, 0.15) is 15.9 Å². The van der Waals surface area contributed by atoms with Gasteiger partial charge in [0, 0.05) is 10.0 Å². The second-order valence-corrected chi connectivity index (χ2v) is 4.80. The van der Waals surface area contributed by atoms with Crippen LogP contribution in [0.2, 0.25) is 0 Å². The largest absolute Gasteiger partial charge is 0.467 e. The summed E-state index contributed by atoms with van der Waals surface area (Å²) >= 11 is 2.75. The number of rotatable bonds is 4. The van der Waals surface area contributed by atoms with Crippen molar-refractivity contribution >= 4 is 27.8 Å². The molecule has 1 aromatic carbocycles. The molecule has 0 aromatic heterocycles. The van der Waals surface area contributed by atoms with E-state index in [-0.39, 0.29) is 10.0 Å². The molecule has 0 aliphatic heterocycles. The lowest BCUT2D eigenvalue weighted by Crippen LogP contribution is -2.37. The third-order valence-corrected chi connectivity index (χ3v) is 3.15. The summed E-state index contributed by atoms with van der Waals surface area (Å²) < 4.78 is 42.1. The molecule has 9 heteroatoms. The molecule has 0 radical (unpaired) electrons. The Kier molecular flexibility index (Phi) is 5.73. The molecule has 1 atom stereocenters. The number of nitrogens with one attached hydrogen (secondary N) is 1. The van der Waals surface area contributed by atoms with Crippen LogP contribution in [0.3, 0.4) is 0 Å². The number of hydrogen-bond donors (Lipinski definition) is 2. The Balaban J connectivity index is 2.82. The van der Waals surface area contributed by atoms with Crippen LogP contribution >= 0.6 is 15.9 Å². The zero-order valence-electron chi connectivity index (χ0n) is 10.7. The molecule has 5 nitrogen and oxygen atoms in total. The van der Waals surface area contributed by atoms with Crippen LogP contribution in [0.15, 0.2) is 22.7 Å². The predicted octanol–water partition coefficient (Wildman–Crippen LogP) is 1.73. The number of carbonyl (C=O) groups excluding carboxylic acids is 2. The number of ether oxygens (including phenoxy) is 1. The van der Waals surface area contributed by atoms with E-state index < -0.39 is 36.3 Å². The first kappa shape index (κ1) is 17.4. The summed E-state index contributed by atoms with van der Waals surface area (Å²) in [6.45, 7) is -0.469. The van der Waals surface area contributed by atoms with Crippen LogP contribution in [0.25, 0.3) is 0 Å². The number of benzene rings is 1. The van der Waals surface area contributed by atoms with Gasteiger partial charge in [-0.2, -0.15) is 13.2 Å². The molecule has 0 heterocycles. The van der Waals surface area contributed by atoms with Gasteiger partial charge in [0.05, 0.1) is 19.2 Å². The minimum absolute atomic E-state index is 0.193. The number of aliphatic hydroxyl groups excluding tert-OH is 1. The van der Waals surface area contributed by atoms with Crippen molar-refractivity contribution in [3.8, 4) is 0 Å². The number of methoxy groups -OCH3 is 1. The summed E-state index contributed by atoms with van der Waals surface area (Å²) in [6, 6.07) is 2.94. The van der Waals surface area contributed by atoms with Crippen molar-refractivity contribution in [1.29, 1.82) is 0 Å². The Labute approximate surface area is 126 Å². The van der Waals surface area contributed by atoms with Crippen LogP contribution in [0.5, 0.6) is 0 Å². The quantitative estimate of drug-likeness (QED) is 0.792. The molecule has 0 bridgehead atoms. The fourth-order valence-electron chi connectivity index (χ4n) is 1.39. The molecule has 1 amide bonds. The Morgan fingerprint density at radius 1 is 1.43 bits per heavy atom. The lowest BCUT2D eigenvalue weighted by molar-refractivity contribution is -0.149. The Hall–Kier alpha value is -1.61. The second-order valence-electron chi connectivity index (χ2n) is 3.94. The topological polar surface area (TPSA) is 75.6 Å². The monoisotopic (exact) mass is 369 g/mol. The van der Waals surface area contributed by atoms with E-state index in [0.29, 0.717) is 6.07 Å². The number of aliphatic hydroxyl groups is 1. The summed E-state index contributed by atoms with van der Waals surface area (Å²) in [5, 5.41) is 11.4. The number of hydrogen-bond acceptors (Lipinski definition) is 4. The van der Waals surface area contributed by atoms with Gasteiger partial charge in [0.15, 0.2) is 6.10 Å². The number of halogens is 4. The Morgan fingerprint density at radius 3 is 2.57 bits per heavy atom. The molecule has 0 aliphatic rings. The van der Waals surface area contributed by atoms with Gasteiger partial charge in [0.1, 0.15) is 0 Å². The molecule has 0 aliphatic carbocycles. The van der Waals surface area contributed by atoms with Crippen molar-refractivity contribution in [1.82, 2.24) is 5.32 Å². The Morgan fingerprint density at radius 2 is 2.05 bits per heavy atom. The first-order chi connectivity index (χ1) is 9.66. The van der Waals surface area contributed by atoms with Gasteiger partial charge in [-0.05, 0) is 18.2 Å². The third-order valence-electron chi connectivity index (χ3n) is 2.46. The van der Waals surface area contributed by atoms with Crippen molar-refractivity contribution in [3.63, 3.8) is 0 Å². The predicted molar refractivity (Wildman–Crippen MR) is 69.5 cm³/mol. The molecular weight excluding hydrogens is 359 g/mol. The molecule has 0 fully saturated rings. The number of alkyl halides is 3. The maximum absolute atomic E-state index is 12.7. The van der Waals surface area contributed by atoms with E-state index in [2.05, 4.69) is 26.0 Å². The zero-order chi connectivity index (χ0) is 16.2. The molecule has 0 saturated heterocycles. The van der Waals surface area contributed by atoms with Crippen molar-refractivity contribution < 1.29 is 32.6 Å². The standard InChI is InChI=1S/C12H11BrF3NO4/c1-21-11(20)9(18)5-17-10(19)6-2-3-8(13)7(4-6)12(14,15)16/h2-4,9,18H,5H2,1H3,(H,17,19). The minimum Gasteiger partial charge on any atom is -0.467 e. The lowest BCUT2D eigenvalue weighted by atomic mass is 10.1. The molecule has 1 rings (SSSR count). The zero-order valence-corrected chi connectivity index (χ0v) is 12.3. The summed E-state index contributed by atoms with van der Waals surface area (Å²) in [4.78, 5) is 22.6. The number of esters is 1. The average molecular weight is 370 g/mol. The molecule has 2 N–H and O–H groups in total. The van der Waals surface area contributed by atoms with Crippen LogP contribution in [0.4, 0.5) is 13.2 Å². The highest BCUT2D eigenvalue weighted by Gasteiger charge is 2.33. The van der Waals surface area contributed by atoms with Crippen LogP contribution < -0.4 is 5.32 Å². The highest BCUT2D eigenvalue weighted by Crippen LogP contribution is 2.35. The fourth-order valence-corrected chi connectivity index (χ4v) is 1.87. The average Bonchev–Trinajstić information content (AvgIpc) is 2.42. The van der Waals surface area contributed by atoms with Gasteiger partial charge in [-0.25, -0.2) is 4.79 Å². The van der Waals surface area contributed by atoms with Crippen molar-refractivity contribution in [2.45, 2.75) is 12.3 Å². The van der Waals surface area contributed by atoms with Crippen molar-refractivity contribution in [2.24, 2.45) is 0 Å². The number of carbonyl (C=O) groups is 2. The van der Waals surface area contributed by atoms with Crippen LogP contribution in [-0.4, -0.2) is 36.7 Å². The highest BCUT2D eigenvalue weighted by atomic mass is 79.9. The molecular formula is C12H11BrF3NO4. The summed E-state index contributed by atoms with van der Waals surface area (Å²) in [7, 11) is 1.05. The van der Waals surface area contributed by atoms with E-state index in [9.17, 15) is 27.9 Å². The molecule has 21 heavy (non-hydrogen) atoms. The highest BCUT2D eigenvalue weighted by molar-refractivity contribution is 9.10. The Bertz CT molecular complexity index is 548. The van der Waals surface area contributed by atoms with Gasteiger partial charge in [-0.3, -0.25) is 4.79 Å². The fraction of sp³-hybridized carbons (Fsp3) is 0.333. The molecule has 0 saturated carbocycles. The summed E-state index contributed by atoms with van der Waals surface area (Å²) in [5.74, 6) is -1.81. The molecule has 0 spiro atoms. The van der Waals surface area contributed by atoms with Crippen molar-refractivity contribution in [3.05, 3.63) is 33.8 Å². The third kappa shape index (κ3) is 4.71. The molecule has 1 aromatic rings. The van der Waals surface area contributed by atoms with E-state index in [1.54, 1.807) is 0 Å². The van der Waals surface area contributed by atoms with Crippen LogP contribution in [-0.2, 0) is 15.7 Å². The normalized spacial score (nSPS) is 12.7. The lowest BCUT2D eigenvalue weighted by Gasteiger charge is -2.12. The summed E-state index contributed by atoms with van der Waals surface area (Å²) in [5.41, 5.74) is -1.24. The van der Waals surface area contributed by atoms with Crippen molar-refractivity contribution in [2.75, 3.05) is 13.7 Å². The van der Waals surface area contributed by atoms with E-state index in [0.717, 1.165) is 13.2 Å². The van der Waals surface area contributed by atoms with E-state index in [1.807, 2.05) is 0 Å². The van der Waals surface area contributed by atoms with Gasteiger partial charge >= 0.3 is 12.1 Å². The van der Waals surface area contributed by atoms with E-state index in [4.69, 9.17) is 0 Å². The van der Waals surface area contributed by atoms with Gasteiger partial charge in [-0.1, -0.05) is 15.9 Å². The van der Waals surface area contributed by atoms with Gasteiger partial charge < -0.3 is 15.2 Å². The maximum atomic E-state index is 12.7. The van der Waals surface area contributed by atoms with Gasteiger partial charge in [-0.15, -0.1) is 0 Å². The first-order valence-electron chi connectivity index (χ1n) is 5.57. The first-order valence-corrected chi connectivity index (χ1v) is 6.37. The molecule has 116 valence electrons. The van der Waals surface area contributed by atoms with Gasteiger partial charge in [0.25, 0.3) is 5.91 Å². The minimum atomic E-state index is -4.61. The number of amides is 1. The van der Waals surface area contributed by atoms with E-state index in [1.165, 1.54) is 6.07 Å². The van der Waals surface area contributed by atoms with Crippen LogP contribution in [0, 0.1) is 0 Å². The summed E-state index contributed by atoms with van der Waals surface area (Å²) in [6.07, 6.45) is -6.20. The second kappa shape index (κ2) is 6.90. The van der Waals surface area contributed by atoms with E-state index >= 15 is 0 Å². The molecule has 1 unspecified atom stereocenters.